The largest absolute Gasteiger partial charge is 0.481 e. The molecular formula is C14H24N2O2. The van der Waals surface area contributed by atoms with Crippen LogP contribution in [0.4, 0.5) is 0 Å². The molecule has 2 N–H and O–H groups in total. The van der Waals surface area contributed by atoms with Gasteiger partial charge in [0.15, 0.2) is 0 Å². The average molecular weight is 252 g/mol. The number of nitriles is 1. The Hall–Kier alpha value is -1.08. The van der Waals surface area contributed by atoms with Gasteiger partial charge in [-0.05, 0) is 52.1 Å². The Morgan fingerprint density at radius 2 is 2.11 bits per heavy atom. The fraction of sp³-hybridized carbons (Fsp3) is 0.857. The van der Waals surface area contributed by atoms with E-state index in [1.165, 1.54) is 0 Å². The molecule has 4 nitrogen and oxygen atoms in total. The molecule has 1 aliphatic carbocycles. The summed E-state index contributed by atoms with van der Waals surface area (Å²) < 4.78 is 0. The summed E-state index contributed by atoms with van der Waals surface area (Å²) in [4.78, 5) is 11.1. The molecule has 2 atom stereocenters. The second kappa shape index (κ2) is 6.75. The van der Waals surface area contributed by atoms with Crippen LogP contribution in [0.1, 0.15) is 46.0 Å². The minimum Gasteiger partial charge on any atom is -0.481 e. The molecule has 0 spiro atoms. The normalized spacial score (nSPS) is 24.5. The van der Waals surface area contributed by atoms with Gasteiger partial charge in [0.25, 0.3) is 0 Å². The van der Waals surface area contributed by atoms with Crippen LogP contribution < -0.4 is 5.32 Å². The molecule has 0 heterocycles. The Balaban J connectivity index is 2.29. The fourth-order valence-corrected chi connectivity index (χ4v) is 2.52. The van der Waals surface area contributed by atoms with Crippen molar-refractivity contribution in [2.45, 2.75) is 46.0 Å². The van der Waals surface area contributed by atoms with Gasteiger partial charge in [0.05, 0.1) is 17.4 Å². The van der Waals surface area contributed by atoms with Gasteiger partial charge in [0.1, 0.15) is 0 Å². The van der Waals surface area contributed by atoms with E-state index < -0.39 is 5.97 Å². The monoisotopic (exact) mass is 252 g/mol. The van der Waals surface area contributed by atoms with E-state index in [4.69, 9.17) is 10.4 Å². The van der Waals surface area contributed by atoms with E-state index in [2.05, 4.69) is 11.4 Å². The highest BCUT2D eigenvalue weighted by Crippen LogP contribution is 2.29. The van der Waals surface area contributed by atoms with Crippen molar-refractivity contribution in [1.82, 2.24) is 5.32 Å². The zero-order valence-corrected chi connectivity index (χ0v) is 11.4. The molecule has 0 aromatic rings. The highest BCUT2D eigenvalue weighted by Gasteiger charge is 2.30. The maximum Gasteiger partial charge on any atom is 0.306 e. The lowest BCUT2D eigenvalue weighted by atomic mass is 9.79. The molecule has 0 amide bonds. The van der Waals surface area contributed by atoms with Gasteiger partial charge in [-0.25, -0.2) is 0 Å². The van der Waals surface area contributed by atoms with Crippen LogP contribution >= 0.6 is 0 Å². The Bertz CT molecular complexity index is 320. The Morgan fingerprint density at radius 3 is 2.72 bits per heavy atom. The number of hydrogen-bond donors (Lipinski definition) is 2. The average Bonchev–Trinajstić information content (AvgIpc) is 2.35. The van der Waals surface area contributed by atoms with Gasteiger partial charge >= 0.3 is 5.97 Å². The lowest BCUT2D eigenvalue weighted by Crippen LogP contribution is -2.35. The van der Waals surface area contributed by atoms with Gasteiger partial charge in [-0.2, -0.15) is 5.26 Å². The zero-order chi connectivity index (χ0) is 13.6. The molecule has 2 unspecified atom stereocenters. The third-order valence-corrected chi connectivity index (χ3v) is 3.86. The molecule has 0 radical (unpaired) electrons. The van der Waals surface area contributed by atoms with Gasteiger partial charge < -0.3 is 10.4 Å². The van der Waals surface area contributed by atoms with E-state index in [0.29, 0.717) is 0 Å². The van der Waals surface area contributed by atoms with Gasteiger partial charge in [0, 0.05) is 0 Å². The summed E-state index contributed by atoms with van der Waals surface area (Å²) in [5.41, 5.74) is -0.300. The number of carboxylic acids is 1. The predicted octanol–water partition coefficient (Wildman–Crippen LogP) is 2.41. The van der Waals surface area contributed by atoms with Crippen LogP contribution in [0.3, 0.4) is 0 Å². The second-order valence-electron chi connectivity index (χ2n) is 5.94. The number of nitrogens with zero attached hydrogens (tertiary/aromatic N) is 1. The Kier molecular flexibility index (Phi) is 5.61. The highest BCUT2D eigenvalue weighted by molar-refractivity contribution is 5.70. The predicted molar refractivity (Wildman–Crippen MR) is 70.0 cm³/mol. The van der Waals surface area contributed by atoms with Crippen molar-refractivity contribution in [2.75, 3.05) is 13.1 Å². The van der Waals surface area contributed by atoms with Crippen molar-refractivity contribution in [2.24, 2.45) is 17.3 Å². The maximum absolute atomic E-state index is 11.1. The minimum absolute atomic E-state index is 0.185. The molecule has 0 aromatic heterocycles. The summed E-state index contributed by atoms with van der Waals surface area (Å²) in [5, 5.41) is 21.4. The second-order valence-corrected chi connectivity index (χ2v) is 5.94. The van der Waals surface area contributed by atoms with Crippen molar-refractivity contribution >= 4 is 5.97 Å². The Morgan fingerprint density at radius 1 is 1.44 bits per heavy atom. The molecule has 1 rings (SSSR count). The van der Waals surface area contributed by atoms with E-state index in [1.54, 1.807) is 0 Å². The number of aliphatic carboxylic acids is 1. The lowest BCUT2D eigenvalue weighted by Gasteiger charge is -2.29. The summed E-state index contributed by atoms with van der Waals surface area (Å²) in [5.74, 6) is -0.587. The van der Waals surface area contributed by atoms with Gasteiger partial charge in [-0.3, -0.25) is 4.79 Å². The summed E-state index contributed by atoms with van der Waals surface area (Å²) in [6.07, 6.45) is 4.79. The number of carboxylic acid groups (broad SMARTS) is 1. The van der Waals surface area contributed by atoms with Crippen molar-refractivity contribution in [3.8, 4) is 6.07 Å². The van der Waals surface area contributed by atoms with Crippen LogP contribution in [0.25, 0.3) is 0 Å². The van der Waals surface area contributed by atoms with Crippen molar-refractivity contribution in [1.29, 1.82) is 5.26 Å². The maximum atomic E-state index is 11.1. The molecule has 1 fully saturated rings. The van der Waals surface area contributed by atoms with Gasteiger partial charge in [-0.1, -0.05) is 12.8 Å². The third-order valence-electron chi connectivity index (χ3n) is 3.86. The highest BCUT2D eigenvalue weighted by atomic mass is 16.4. The summed E-state index contributed by atoms with van der Waals surface area (Å²) in [6.45, 7) is 5.40. The first-order valence-electron chi connectivity index (χ1n) is 6.81. The molecule has 0 aliphatic heterocycles. The van der Waals surface area contributed by atoms with Crippen molar-refractivity contribution < 1.29 is 9.90 Å². The van der Waals surface area contributed by atoms with E-state index >= 15 is 0 Å². The van der Waals surface area contributed by atoms with E-state index in [0.717, 1.165) is 45.2 Å². The number of carbonyl (C=O) groups is 1. The van der Waals surface area contributed by atoms with Crippen LogP contribution in [-0.4, -0.2) is 24.2 Å². The smallest absolute Gasteiger partial charge is 0.306 e. The molecule has 102 valence electrons. The molecule has 0 bridgehead atoms. The summed E-state index contributed by atoms with van der Waals surface area (Å²) in [6, 6.07) is 2.27. The van der Waals surface area contributed by atoms with Gasteiger partial charge in [-0.15, -0.1) is 0 Å². The zero-order valence-electron chi connectivity index (χ0n) is 11.4. The first kappa shape index (κ1) is 15.0. The SMILES string of the molecule is CC(C)(C#N)CCNCC1CCCCC1C(=O)O. The van der Waals surface area contributed by atoms with Crippen molar-refractivity contribution in [3.05, 3.63) is 0 Å². The van der Waals surface area contributed by atoms with Crippen LogP contribution in [0.2, 0.25) is 0 Å². The van der Waals surface area contributed by atoms with Gasteiger partial charge in [0.2, 0.25) is 0 Å². The van der Waals surface area contributed by atoms with Crippen molar-refractivity contribution in [3.63, 3.8) is 0 Å². The number of nitrogens with one attached hydrogen (secondary N) is 1. The fourth-order valence-electron chi connectivity index (χ4n) is 2.52. The minimum atomic E-state index is -0.654. The molecule has 18 heavy (non-hydrogen) atoms. The number of hydrogen-bond acceptors (Lipinski definition) is 3. The quantitative estimate of drug-likeness (QED) is 0.712. The van der Waals surface area contributed by atoms with Crippen LogP contribution in [0.5, 0.6) is 0 Å². The van der Waals surface area contributed by atoms with Crippen LogP contribution in [0.15, 0.2) is 0 Å². The Labute approximate surface area is 109 Å². The van der Waals surface area contributed by atoms with Crippen LogP contribution in [0, 0.1) is 28.6 Å². The molecule has 0 aromatic carbocycles. The molecule has 4 heteroatoms. The number of rotatable bonds is 6. The van der Waals surface area contributed by atoms with E-state index in [1.807, 2.05) is 13.8 Å². The van der Waals surface area contributed by atoms with E-state index in [-0.39, 0.29) is 17.3 Å². The lowest BCUT2D eigenvalue weighted by molar-refractivity contribution is -0.144. The summed E-state index contributed by atoms with van der Waals surface area (Å²) >= 11 is 0. The summed E-state index contributed by atoms with van der Waals surface area (Å²) in [7, 11) is 0. The van der Waals surface area contributed by atoms with E-state index in [9.17, 15) is 4.79 Å². The van der Waals surface area contributed by atoms with Crippen LogP contribution in [-0.2, 0) is 4.79 Å². The first-order chi connectivity index (χ1) is 8.46. The third kappa shape index (κ3) is 4.66. The molecule has 1 aliphatic rings. The molecule has 1 saturated carbocycles. The topological polar surface area (TPSA) is 73.1 Å². The standard InChI is InChI=1S/C14H24N2O2/c1-14(2,10-15)7-8-16-9-11-5-3-4-6-12(11)13(17)18/h11-12,16H,3-9H2,1-2H3,(H,17,18). The molecular weight excluding hydrogens is 228 g/mol. The first-order valence-corrected chi connectivity index (χ1v) is 6.81. The molecule has 0 saturated heterocycles.